The smallest absolute Gasteiger partial charge is 0.229 e. The molecule has 9 atom stereocenters. The number of rotatable bonds is 7. The fourth-order valence-corrected chi connectivity index (χ4v) is 5.35. The number of benzene rings is 2. The van der Waals surface area contributed by atoms with Crippen molar-refractivity contribution in [3.63, 3.8) is 0 Å². The zero-order chi connectivity index (χ0) is 26.3. The van der Waals surface area contributed by atoms with Crippen molar-refractivity contribution in [3.8, 4) is 23.0 Å². The summed E-state index contributed by atoms with van der Waals surface area (Å²) in [6, 6.07) is 10.5. The molecular formula is C26H32O11. The van der Waals surface area contributed by atoms with Gasteiger partial charge in [0.2, 0.25) is 6.29 Å². The molecule has 2 aromatic carbocycles. The molecule has 202 valence electrons. The lowest BCUT2D eigenvalue weighted by molar-refractivity contribution is -0.277. The van der Waals surface area contributed by atoms with E-state index in [1.165, 1.54) is 14.2 Å². The van der Waals surface area contributed by atoms with E-state index < -0.39 is 37.3 Å². The van der Waals surface area contributed by atoms with Crippen molar-refractivity contribution in [1.82, 2.24) is 0 Å². The minimum atomic E-state index is -1.55. The molecule has 3 aliphatic heterocycles. The first-order valence-electron chi connectivity index (χ1n) is 12.1. The number of fused-ring (bicyclic) bond motifs is 1. The monoisotopic (exact) mass is 520 g/mol. The Balaban J connectivity index is 1.32. The number of ether oxygens (including phenoxy) is 6. The van der Waals surface area contributed by atoms with Gasteiger partial charge < -0.3 is 54.0 Å². The molecule has 0 bridgehead atoms. The van der Waals surface area contributed by atoms with E-state index in [0.717, 1.165) is 11.1 Å². The second kappa shape index (κ2) is 10.6. The summed E-state index contributed by atoms with van der Waals surface area (Å²) in [5.41, 5.74) is 1.77. The van der Waals surface area contributed by atoms with Gasteiger partial charge in [-0.2, -0.15) is 0 Å². The lowest BCUT2D eigenvalue weighted by atomic mass is 9.85. The van der Waals surface area contributed by atoms with E-state index in [0.29, 0.717) is 24.7 Å². The molecule has 3 heterocycles. The van der Waals surface area contributed by atoms with E-state index in [9.17, 15) is 25.5 Å². The molecule has 0 unspecified atom stereocenters. The van der Waals surface area contributed by atoms with Gasteiger partial charge in [0.25, 0.3) is 0 Å². The lowest BCUT2D eigenvalue weighted by Crippen LogP contribution is -2.60. The molecule has 0 radical (unpaired) electrons. The first kappa shape index (κ1) is 26.0. The Kier molecular flexibility index (Phi) is 7.46. The third-order valence-corrected chi connectivity index (χ3v) is 7.40. The molecule has 37 heavy (non-hydrogen) atoms. The van der Waals surface area contributed by atoms with Gasteiger partial charge in [-0.25, -0.2) is 0 Å². The lowest BCUT2D eigenvalue weighted by Gasteiger charge is -2.39. The van der Waals surface area contributed by atoms with Gasteiger partial charge in [-0.1, -0.05) is 12.1 Å². The van der Waals surface area contributed by atoms with Crippen LogP contribution in [0.4, 0.5) is 0 Å². The Labute approximate surface area is 213 Å². The Bertz CT molecular complexity index is 1090. The standard InChI is InChI=1S/C26H32O11/c1-32-18-7-12(3-5-16(18)28)24-14-10-35-25(15(14)11-34-24)13-4-6-17(19(8-13)33-2)36-26-23(31)22(30)21(29)20(9-27)37-26/h3-8,14-15,20-31H,9-11H2,1-2H3/t14-,15+,20-,21-,22+,23-,24+,25+,26-/m0/s1. The molecule has 0 spiro atoms. The third kappa shape index (κ3) is 4.72. The van der Waals surface area contributed by atoms with Crippen LogP contribution in [0, 0.1) is 11.8 Å². The maximum atomic E-state index is 10.3. The highest BCUT2D eigenvalue weighted by Gasteiger charge is 2.49. The number of phenols is 1. The first-order chi connectivity index (χ1) is 17.9. The van der Waals surface area contributed by atoms with Crippen LogP contribution in [0.2, 0.25) is 0 Å². The molecule has 0 saturated carbocycles. The average molecular weight is 521 g/mol. The highest BCUT2D eigenvalue weighted by Crippen LogP contribution is 2.51. The quantitative estimate of drug-likeness (QED) is 0.349. The van der Waals surface area contributed by atoms with Crippen LogP contribution < -0.4 is 14.2 Å². The maximum Gasteiger partial charge on any atom is 0.229 e. The summed E-state index contributed by atoms with van der Waals surface area (Å²) in [5, 5.41) is 49.7. The van der Waals surface area contributed by atoms with Crippen LogP contribution in [0.5, 0.6) is 23.0 Å². The fourth-order valence-electron chi connectivity index (χ4n) is 5.35. The fraction of sp³-hybridized carbons (Fsp3) is 0.538. The van der Waals surface area contributed by atoms with Gasteiger partial charge in [-0.15, -0.1) is 0 Å². The minimum absolute atomic E-state index is 0.0689. The van der Waals surface area contributed by atoms with E-state index in [4.69, 9.17) is 28.4 Å². The van der Waals surface area contributed by atoms with Crippen LogP contribution >= 0.6 is 0 Å². The van der Waals surface area contributed by atoms with Gasteiger partial charge in [-0.3, -0.25) is 0 Å². The van der Waals surface area contributed by atoms with Gasteiger partial charge >= 0.3 is 0 Å². The van der Waals surface area contributed by atoms with Crippen LogP contribution in [-0.2, 0) is 14.2 Å². The van der Waals surface area contributed by atoms with Crippen LogP contribution in [-0.4, -0.2) is 90.3 Å². The topological polar surface area (TPSA) is 157 Å². The molecule has 3 saturated heterocycles. The van der Waals surface area contributed by atoms with E-state index in [1.54, 1.807) is 24.3 Å². The molecule has 5 N–H and O–H groups in total. The second-order valence-electron chi connectivity index (χ2n) is 9.49. The third-order valence-electron chi connectivity index (χ3n) is 7.40. The Hall–Kier alpha value is -2.64. The van der Waals surface area contributed by atoms with E-state index in [-0.39, 0.29) is 35.5 Å². The SMILES string of the molecule is COc1cc([C@H]2OC[C@@H]3[C@@H]2CO[C@@H]3c2ccc(O[C@H]3O[C@@H](CO)[C@H](O)[C@@H](O)[C@@H]3O)c(OC)c2)ccc1O. The summed E-state index contributed by atoms with van der Waals surface area (Å²) in [6.45, 7) is 0.436. The predicted octanol–water partition coefficient (Wildman–Crippen LogP) is 0.663. The normalized spacial score (nSPS) is 35.2. The van der Waals surface area contributed by atoms with Crippen molar-refractivity contribution >= 4 is 0 Å². The number of phenolic OH excluding ortho intramolecular Hbond substituents is 1. The van der Waals surface area contributed by atoms with Crippen molar-refractivity contribution in [2.45, 2.75) is 42.9 Å². The van der Waals surface area contributed by atoms with Gasteiger partial charge in [0.05, 0.1) is 46.2 Å². The molecular weight excluding hydrogens is 488 g/mol. The molecule has 2 aromatic rings. The zero-order valence-corrected chi connectivity index (χ0v) is 20.5. The van der Waals surface area contributed by atoms with Crippen molar-refractivity contribution in [2.75, 3.05) is 34.0 Å². The van der Waals surface area contributed by atoms with Crippen molar-refractivity contribution in [2.24, 2.45) is 11.8 Å². The Morgan fingerprint density at radius 3 is 1.97 bits per heavy atom. The summed E-state index contributed by atoms with van der Waals surface area (Å²) < 4.78 is 34.3. The number of aliphatic hydroxyl groups excluding tert-OH is 4. The highest BCUT2D eigenvalue weighted by molar-refractivity contribution is 5.45. The molecule has 0 aromatic heterocycles. The van der Waals surface area contributed by atoms with E-state index in [1.807, 2.05) is 12.1 Å². The second-order valence-corrected chi connectivity index (χ2v) is 9.49. The van der Waals surface area contributed by atoms with Crippen molar-refractivity contribution < 1.29 is 54.0 Å². The van der Waals surface area contributed by atoms with Gasteiger partial charge in [0.15, 0.2) is 23.0 Å². The predicted molar refractivity (Wildman–Crippen MR) is 126 cm³/mol. The first-order valence-corrected chi connectivity index (χ1v) is 12.1. The summed E-state index contributed by atoms with van der Waals surface area (Å²) in [7, 11) is 2.98. The number of hydrogen-bond acceptors (Lipinski definition) is 11. The maximum absolute atomic E-state index is 10.3. The van der Waals surface area contributed by atoms with Crippen LogP contribution in [0.25, 0.3) is 0 Å². The summed E-state index contributed by atoms with van der Waals surface area (Å²) in [4.78, 5) is 0. The average Bonchev–Trinajstić information content (AvgIpc) is 3.52. The Morgan fingerprint density at radius 2 is 1.38 bits per heavy atom. The molecule has 11 heteroatoms. The van der Waals surface area contributed by atoms with Crippen LogP contribution in [0.1, 0.15) is 23.3 Å². The van der Waals surface area contributed by atoms with Gasteiger partial charge in [-0.05, 0) is 35.4 Å². The minimum Gasteiger partial charge on any atom is -0.504 e. The number of methoxy groups -OCH3 is 2. The molecule has 5 rings (SSSR count). The highest BCUT2D eigenvalue weighted by atomic mass is 16.7. The van der Waals surface area contributed by atoms with Crippen LogP contribution in [0.15, 0.2) is 36.4 Å². The van der Waals surface area contributed by atoms with Crippen molar-refractivity contribution in [1.29, 1.82) is 0 Å². The van der Waals surface area contributed by atoms with Crippen molar-refractivity contribution in [3.05, 3.63) is 47.5 Å². The van der Waals surface area contributed by atoms with Gasteiger partial charge in [0.1, 0.15) is 24.4 Å². The molecule has 0 amide bonds. The number of aromatic hydroxyl groups is 1. The summed E-state index contributed by atoms with van der Waals surface area (Å²) >= 11 is 0. The number of hydrogen-bond donors (Lipinski definition) is 5. The zero-order valence-electron chi connectivity index (χ0n) is 20.5. The molecule has 3 fully saturated rings. The molecule has 3 aliphatic rings. The molecule has 0 aliphatic carbocycles. The van der Waals surface area contributed by atoms with Gasteiger partial charge in [0, 0.05) is 11.8 Å². The summed E-state index contributed by atoms with van der Waals surface area (Å²) in [6.07, 6.45) is -7.41. The van der Waals surface area contributed by atoms with Crippen LogP contribution in [0.3, 0.4) is 0 Å². The number of aliphatic hydroxyl groups is 4. The summed E-state index contributed by atoms with van der Waals surface area (Å²) in [5.74, 6) is 1.27. The van der Waals surface area contributed by atoms with E-state index >= 15 is 0 Å². The molecule has 11 nitrogen and oxygen atoms in total. The largest absolute Gasteiger partial charge is 0.504 e. The Morgan fingerprint density at radius 1 is 0.784 bits per heavy atom. The van der Waals surface area contributed by atoms with E-state index in [2.05, 4.69) is 0 Å².